The summed E-state index contributed by atoms with van der Waals surface area (Å²) in [5, 5.41) is 4.35. The van der Waals surface area contributed by atoms with Gasteiger partial charge < -0.3 is 14.6 Å². The molecule has 0 bridgehead atoms. The lowest BCUT2D eigenvalue weighted by Gasteiger charge is -2.26. The quantitative estimate of drug-likeness (QED) is 0.719. The minimum Gasteiger partial charge on any atom is -0.379 e. The third kappa shape index (κ3) is 3.54. The van der Waals surface area contributed by atoms with Crippen LogP contribution in [0.4, 0.5) is 11.5 Å². The molecule has 1 aromatic carbocycles. The topological polar surface area (TPSA) is 55.2 Å². The Bertz CT molecular complexity index is 937. The van der Waals surface area contributed by atoms with Crippen molar-refractivity contribution in [2.24, 2.45) is 0 Å². The summed E-state index contributed by atoms with van der Waals surface area (Å²) in [6.45, 7) is 5.51. The highest BCUT2D eigenvalue weighted by Gasteiger charge is 2.12. The third-order valence-corrected chi connectivity index (χ3v) is 4.61. The molecule has 0 radical (unpaired) electrons. The van der Waals surface area contributed by atoms with E-state index in [1.165, 1.54) is 0 Å². The van der Waals surface area contributed by atoms with Crippen LogP contribution < -0.4 is 5.32 Å². The van der Waals surface area contributed by atoms with E-state index < -0.39 is 0 Å². The lowest BCUT2D eigenvalue weighted by molar-refractivity contribution is 0.0365. The predicted octanol–water partition coefficient (Wildman–Crippen LogP) is 2.49. The van der Waals surface area contributed by atoms with E-state index in [1.807, 2.05) is 24.3 Å². The summed E-state index contributed by atoms with van der Waals surface area (Å²) in [4.78, 5) is 11.3. The Morgan fingerprint density at radius 2 is 2.04 bits per heavy atom. The molecule has 1 aliphatic heterocycles. The van der Waals surface area contributed by atoms with Gasteiger partial charge in [0.1, 0.15) is 17.8 Å². The highest BCUT2D eigenvalue weighted by atomic mass is 16.5. The van der Waals surface area contributed by atoms with Crippen molar-refractivity contribution in [2.45, 2.75) is 6.54 Å². The minimum atomic E-state index is 0.786. The SMILES string of the molecule is C#Cc1cccc(Nc2ncnc3c2ccn3CCN2CCOCC2)c1. The van der Waals surface area contributed by atoms with Gasteiger partial charge in [0.25, 0.3) is 0 Å². The molecule has 26 heavy (non-hydrogen) atoms. The fraction of sp³-hybridized carbons (Fsp3) is 0.300. The number of terminal acetylenes is 1. The fourth-order valence-electron chi connectivity index (χ4n) is 3.18. The van der Waals surface area contributed by atoms with Crippen molar-refractivity contribution in [3.63, 3.8) is 0 Å². The summed E-state index contributed by atoms with van der Waals surface area (Å²) in [6.07, 6.45) is 9.15. The van der Waals surface area contributed by atoms with Crippen LogP contribution in [0.5, 0.6) is 0 Å². The average Bonchev–Trinajstić information content (AvgIpc) is 3.11. The van der Waals surface area contributed by atoms with Gasteiger partial charge in [-0.15, -0.1) is 6.42 Å². The van der Waals surface area contributed by atoms with Gasteiger partial charge in [0, 0.05) is 43.6 Å². The van der Waals surface area contributed by atoms with Crippen molar-refractivity contribution >= 4 is 22.5 Å². The average molecular weight is 347 g/mol. The van der Waals surface area contributed by atoms with E-state index in [9.17, 15) is 0 Å². The maximum Gasteiger partial charge on any atom is 0.145 e. The van der Waals surface area contributed by atoms with Crippen molar-refractivity contribution in [1.82, 2.24) is 19.4 Å². The second-order valence-electron chi connectivity index (χ2n) is 6.27. The molecule has 0 amide bonds. The van der Waals surface area contributed by atoms with Crippen LogP contribution in [0.25, 0.3) is 11.0 Å². The highest BCUT2D eigenvalue weighted by molar-refractivity contribution is 5.89. The monoisotopic (exact) mass is 347 g/mol. The second kappa shape index (κ2) is 7.56. The van der Waals surface area contributed by atoms with Gasteiger partial charge in [-0.3, -0.25) is 4.90 Å². The lowest BCUT2D eigenvalue weighted by Crippen LogP contribution is -2.38. The van der Waals surface area contributed by atoms with Crippen LogP contribution in [0.15, 0.2) is 42.9 Å². The number of morpholine rings is 1. The van der Waals surface area contributed by atoms with E-state index in [4.69, 9.17) is 11.2 Å². The molecule has 1 aliphatic rings. The molecule has 1 fully saturated rings. The van der Waals surface area contributed by atoms with Gasteiger partial charge in [0.15, 0.2) is 0 Å². The molecular weight excluding hydrogens is 326 g/mol. The van der Waals surface area contributed by atoms with Gasteiger partial charge in [0.2, 0.25) is 0 Å². The van der Waals surface area contributed by atoms with E-state index in [2.05, 4.69) is 42.9 Å². The number of aromatic nitrogens is 3. The van der Waals surface area contributed by atoms with Gasteiger partial charge in [0.05, 0.1) is 18.6 Å². The van der Waals surface area contributed by atoms with Crippen molar-refractivity contribution in [2.75, 3.05) is 38.2 Å². The first kappa shape index (κ1) is 16.6. The summed E-state index contributed by atoms with van der Waals surface area (Å²) in [5.74, 6) is 3.44. The number of nitrogens with zero attached hydrogens (tertiary/aromatic N) is 4. The molecule has 0 aliphatic carbocycles. The molecule has 0 unspecified atom stereocenters. The number of ether oxygens (including phenoxy) is 1. The normalized spacial score (nSPS) is 15.0. The Labute approximate surface area is 152 Å². The van der Waals surface area contributed by atoms with Crippen LogP contribution >= 0.6 is 0 Å². The molecule has 0 saturated carbocycles. The number of fused-ring (bicyclic) bond motifs is 1. The molecule has 3 heterocycles. The maximum atomic E-state index is 5.48. The molecule has 1 saturated heterocycles. The molecular formula is C20H21N5O. The zero-order valence-electron chi connectivity index (χ0n) is 14.6. The van der Waals surface area contributed by atoms with Gasteiger partial charge in [-0.1, -0.05) is 12.0 Å². The van der Waals surface area contributed by atoms with Gasteiger partial charge in [-0.25, -0.2) is 9.97 Å². The Balaban J connectivity index is 1.53. The van der Waals surface area contributed by atoms with Crippen LogP contribution in [0, 0.1) is 12.3 Å². The molecule has 3 aromatic rings. The lowest BCUT2D eigenvalue weighted by atomic mass is 10.2. The zero-order chi connectivity index (χ0) is 17.8. The molecule has 6 heteroatoms. The van der Waals surface area contributed by atoms with Crippen LogP contribution in [-0.2, 0) is 11.3 Å². The van der Waals surface area contributed by atoms with Crippen LogP contribution in [0.3, 0.4) is 0 Å². The molecule has 0 atom stereocenters. The third-order valence-electron chi connectivity index (χ3n) is 4.61. The van der Waals surface area contributed by atoms with Crippen molar-refractivity contribution in [3.8, 4) is 12.3 Å². The summed E-state index contributed by atoms with van der Waals surface area (Å²) in [6, 6.07) is 9.81. The summed E-state index contributed by atoms with van der Waals surface area (Å²) in [7, 11) is 0. The van der Waals surface area contributed by atoms with Crippen molar-refractivity contribution in [3.05, 3.63) is 48.4 Å². The largest absolute Gasteiger partial charge is 0.379 e. The first-order valence-corrected chi connectivity index (χ1v) is 8.77. The number of benzene rings is 1. The number of anilines is 2. The number of hydrogen-bond acceptors (Lipinski definition) is 5. The van der Waals surface area contributed by atoms with Gasteiger partial charge >= 0.3 is 0 Å². The Morgan fingerprint density at radius 1 is 1.15 bits per heavy atom. The predicted molar refractivity (Wildman–Crippen MR) is 102 cm³/mol. The van der Waals surface area contributed by atoms with Gasteiger partial charge in [-0.2, -0.15) is 0 Å². The number of hydrogen-bond donors (Lipinski definition) is 1. The first-order chi connectivity index (χ1) is 12.8. The molecule has 2 aromatic heterocycles. The highest BCUT2D eigenvalue weighted by Crippen LogP contribution is 2.24. The van der Waals surface area contributed by atoms with E-state index in [-0.39, 0.29) is 0 Å². The van der Waals surface area contributed by atoms with Crippen LogP contribution in [-0.4, -0.2) is 52.3 Å². The second-order valence-corrected chi connectivity index (χ2v) is 6.27. The van der Waals surface area contributed by atoms with Gasteiger partial charge in [-0.05, 0) is 24.3 Å². The first-order valence-electron chi connectivity index (χ1n) is 8.77. The maximum absolute atomic E-state index is 5.48. The van der Waals surface area contributed by atoms with Crippen LogP contribution in [0.2, 0.25) is 0 Å². The van der Waals surface area contributed by atoms with Crippen molar-refractivity contribution < 1.29 is 4.74 Å². The fourth-order valence-corrected chi connectivity index (χ4v) is 3.18. The minimum absolute atomic E-state index is 0.786. The van der Waals surface area contributed by atoms with E-state index in [0.717, 1.165) is 67.5 Å². The standard InChI is InChI=1S/C20H21N5O/c1-2-16-4-3-5-17(14-16)23-19-18-6-7-25(20(18)22-15-21-19)9-8-24-10-12-26-13-11-24/h1,3-7,14-15H,8-13H2,(H,21,22,23). The summed E-state index contributed by atoms with van der Waals surface area (Å²) in [5.41, 5.74) is 2.69. The Morgan fingerprint density at radius 3 is 2.88 bits per heavy atom. The van der Waals surface area contributed by atoms with Crippen molar-refractivity contribution in [1.29, 1.82) is 0 Å². The smallest absolute Gasteiger partial charge is 0.145 e. The van der Waals surface area contributed by atoms with E-state index in [1.54, 1.807) is 6.33 Å². The van der Waals surface area contributed by atoms with E-state index in [0.29, 0.717) is 0 Å². The molecule has 132 valence electrons. The Kier molecular flexibility index (Phi) is 4.82. The number of rotatable bonds is 5. The summed E-state index contributed by atoms with van der Waals surface area (Å²) < 4.78 is 7.58. The molecule has 6 nitrogen and oxygen atoms in total. The summed E-state index contributed by atoms with van der Waals surface area (Å²) >= 11 is 0. The van der Waals surface area contributed by atoms with E-state index >= 15 is 0 Å². The zero-order valence-corrected chi connectivity index (χ0v) is 14.6. The molecule has 1 N–H and O–H groups in total. The van der Waals surface area contributed by atoms with Crippen LogP contribution in [0.1, 0.15) is 5.56 Å². The Hall–Kier alpha value is -2.88. The number of nitrogens with one attached hydrogen (secondary N) is 1. The molecule has 4 rings (SSSR count). The molecule has 0 spiro atoms.